The third kappa shape index (κ3) is 116. The summed E-state index contributed by atoms with van der Waals surface area (Å²) in [5.74, 6) is 12.0. The van der Waals surface area contributed by atoms with Crippen LogP contribution >= 0.6 is 19.4 Å². The second kappa shape index (κ2) is 93.9. The molecule has 0 spiro atoms. The third-order valence-electron chi connectivity index (χ3n) is 18.4. The van der Waals surface area contributed by atoms with E-state index in [2.05, 4.69) is 370 Å². The molecule has 2 aliphatic rings. The Bertz CT molecular complexity index is 2750. The molecule has 771 valence electrons. The van der Waals surface area contributed by atoms with Crippen LogP contribution < -0.4 is 0 Å². The third-order valence-corrected chi connectivity index (χ3v) is 18.4. The van der Waals surface area contributed by atoms with Crippen LogP contribution in [-0.2, 0) is 117 Å². The van der Waals surface area contributed by atoms with Gasteiger partial charge in [-0.3, -0.25) is 38.1 Å². The van der Waals surface area contributed by atoms with Crippen LogP contribution in [0.3, 0.4) is 0 Å². The summed E-state index contributed by atoms with van der Waals surface area (Å²) in [6, 6.07) is 34.9. The van der Waals surface area contributed by atoms with Crippen molar-refractivity contribution in [3.63, 3.8) is 0 Å². The van der Waals surface area contributed by atoms with Crippen molar-refractivity contribution in [3.8, 4) is 0 Å². The first kappa shape index (κ1) is 173. The molecule has 19 nitrogen and oxygen atoms in total. The fourth-order valence-corrected chi connectivity index (χ4v) is 9.89. The number of halogens is 2. The SMILES string of the molecule is CC(C)(C)N=N[N-]C(C)(C)C.CC(C)(C)N=N[N-]C(C)(C)C.CC1C(C)C(C)C(C)C1C.CC1C(C)C(C)C(C)C1C.C[N-]N=NC(C)(C)C.C[N-]N=NC(C)(C)C.C[N-]N=NC(C)(C)C.C[N-]N=NC(C)(C)C.Cc1ccc(C(C)C)cc1.Cc1ccc(C(C)C)cc1.Cc1ccc(C(C)C)cc1.Cc1ccc(C(C)C)cc1.[CH-]=O.[CH3-].[CH3-].[CH3-].[CH3-].[CH3-].[CH3-].[Cl][Ru+2].[Cl][Ru+2].[Ru+2].[Ru+3].[RuH+2].[RuH+2]. The van der Waals surface area contributed by atoms with Gasteiger partial charge in [-0.05, 0) is 205 Å². The molecule has 0 unspecified atom stereocenters. The molecule has 0 amide bonds. The monoisotopic (exact) mass is 2390 g/mol. The van der Waals surface area contributed by atoms with E-state index in [0.717, 1.165) is 59.2 Å². The summed E-state index contributed by atoms with van der Waals surface area (Å²) in [7, 11) is 15.6. The Labute approximate surface area is 889 Å². The number of carbonyl (C=O) groups excluding carboxylic acids is 1. The quantitative estimate of drug-likeness (QED) is 0.0485. The molecular formula is C103H201Cl2N18ORu6. The summed E-state index contributed by atoms with van der Waals surface area (Å²) in [6.45, 7) is 101. The van der Waals surface area contributed by atoms with Crippen LogP contribution in [0.15, 0.2) is 159 Å². The number of rotatable bonds is 10. The van der Waals surface area contributed by atoms with Gasteiger partial charge in [0.05, 0.1) is 0 Å². The van der Waals surface area contributed by atoms with Crippen LogP contribution in [0.4, 0.5) is 0 Å². The van der Waals surface area contributed by atoms with E-state index in [1.165, 1.54) is 44.5 Å². The molecule has 130 heavy (non-hydrogen) atoms. The van der Waals surface area contributed by atoms with E-state index < -0.39 is 0 Å². The number of hydrogen-bond acceptors (Lipinski definition) is 13. The molecule has 0 saturated heterocycles. The number of hydrogen-bond donors (Lipinski definition) is 0. The zero-order valence-corrected chi connectivity index (χ0v) is 105. The van der Waals surface area contributed by atoms with Crippen LogP contribution in [0.2, 0.25) is 0 Å². The van der Waals surface area contributed by atoms with Gasteiger partial charge < -0.3 is 113 Å². The van der Waals surface area contributed by atoms with Crippen molar-refractivity contribution in [2.24, 2.45) is 121 Å². The van der Waals surface area contributed by atoms with Gasteiger partial charge >= 0.3 is 132 Å². The van der Waals surface area contributed by atoms with Crippen molar-refractivity contribution < 1.29 is 117 Å². The molecule has 0 atom stereocenters. The second-order valence-corrected chi connectivity index (χ2v) is 40.4. The summed E-state index contributed by atoms with van der Waals surface area (Å²) in [5, 5.41) is 44.8. The summed E-state index contributed by atoms with van der Waals surface area (Å²) < 4.78 is 0. The van der Waals surface area contributed by atoms with Gasteiger partial charge in [-0.2, -0.15) is 0 Å². The van der Waals surface area contributed by atoms with E-state index in [4.69, 9.17) is 4.79 Å². The maximum absolute atomic E-state index is 7.75. The van der Waals surface area contributed by atoms with Gasteiger partial charge in [0.25, 0.3) is 0 Å². The van der Waals surface area contributed by atoms with Gasteiger partial charge in [-0.25, -0.2) is 0 Å². The normalized spacial score (nSPS) is 17.3. The van der Waals surface area contributed by atoms with Gasteiger partial charge in [0, 0.05) is 0 Å². The summed E-state index contributed by atoms with van der Waals surface area (Å²) in [6.07, 6.45) is 0. The first-order valence-electron chi connectivity index (χ1n) is 42.6. The van der Waals surface area contributed by atoms with Crippen molar-refractivity contribution in [1.29, 1.82) is 0 Å². The first-order valence-corrected chi connectivity index (χ1v) is 47.1. The molecule has 0 heterocycles. The average Bonchev–Trinajstić information content (AvgIpc) is 1.69. The van der Waals surface area contributed by atoms with Crippen molar-refractivity contribution in [2.45, 2.75) is 386 Å². The van der Waals surface area contributed by atoms with Crippen LogP contribution in [0.1, 0.15) is 359 Å². The summed E-state index contributed by atoms with van der Waals surface area (Å²) in [5.41, 5.74) is 32.2. The molecule has 6 rings (SSSR count). The second-order valence-electron chi connectivity index (χ2n) is 40.4. The fourth-order valence-electron chi connectivity index (χ4n) is 9.89. The molecule has 4 aromatic rings. The Balaban J connectivity index is -0.0000000601. The van der Waals surface area contributed by atoms with Crippen LogP contribution in [0.5, 0.6) is 0 Å². The minimum absolute atomic E-state index is 0. The molecule has 0 bridgehead atoms. The molecule has 1 radical (unpaired) electrons. The molecule has 2 aliphatic carbocycles. The summed E-state index contributed by atoms with van der Waals surface area (Å²) in [4.78, 5) is 7.75. The predicted molar refractivity (Wildman–Crippen MR) is 563 cm³/mol. The van der Waals surface area contributed by atoms with E-state index >= 15 is 0 Å². The fraction of sp³-hybridized carbons (Fsp3) is 0.699. The van der Waals surface area contributed by atoms with Crippen molar-refractivity contribution in [2.75, 3.05) is 28.2 Å². The van der Waals surface area contributed by atoms with Crippen LogP contribution in [0.25, 0.3) is 32.6 Å². The number of aryl methyl sites for hydroxylation is 4. The van der Waals surface area contributed by atoms with Gasteiger partial charge in [0.2, 0.25) is 0 Å². The zero-order chi connectivity index (χ0) is 96.7. The standard InChI is InChI=1S/4C10H14.2C10H20.2C8H18N3.4C5H12N3.CHO.6CH3.2ClH.6Ru.2H/c4*1-8(2)10-6-4-9(3)5-7-10;2*1-6-7(2)9(4)10(5)8(6)3;2*1-7(2,3)9-11-10-8(4,5)6;4*1-5(2,3)7-8-6-4;1-2;;;;;;;;;;;;;;;;/h4*4-8H,1-3H3;2*6-10H,1-5H3;2*1-6H3;4*1-4H3;1H;6*1H3;2*1H;;;;;;;;/q;;;;;;13*-1;;;3*+2;3*+3;;/p-2. The predicted octanol–water partition coefficient (Wildman–Crippen LogP) is 37.4. The summed E-state index contributed by atoms with van der Waals surface area (Å²) >= 11 is 3.64. The Kier molecular flexibility index (Phi) is 125. The molecule has 2 fully saturated rings. The molecule has 0 N–H and O–H groups in total. The van der Waals surface area contributed by atoms with Gasteiger partial charge in [0.15, 0.2) is 0 Å². The average molecular weight is 2390 g/mol. The number of benzene rings is 4. The van der Waals surface area contributed by atoms with Gasteiger partial charge in [-0.15, -0.1) is 0 Å². The van der Waals surface area contributed by atoms with Gasteiger partial charge in [0.1, 0.15) is 0 Å². The number of nitrogens with zero attached hydrogens (tertiary/aromatic N) is 18. The Morgan fingerprint density at radius 3 is 0.431 bits per heavy atom. The van der Waals surface area contributed by atoms with Crippen molar-refractivity contribution >= 4 is 26.2 Å². The zero-order valence-electron chi connectivity index (χ0n) is 93.3. The Morgan fingerprint density at radius 2 is 0.362 bits per heavy atom. The molecular weight excluding hydrogens is 2180 g/mol. The Hall–Kier alpha value is -2.73. The minimum atomic E-state index is -0.116. The molecule has 2 saturated carbocycles. The van der Waals surface area contributed by atoms with Crippen LogP contribution in [-0.4, -0.2) is 79.3 Å². The molecule has 0 aliphatic heterocycles. The van der Waals surface area contributed by atoms with Crippen molar-refractivity contribution in [3.05, 3.63) is 219 Å². The topological polar surface area (TPSA) is 250 Å². The van der Waals surface area contributed by atoms with Crippen LogP contribution in [0, 0.1) is 131 Å². The maximum atomic E-state index is 7.75. The van der Waals surface area contributed by atoms with Crippen molar-refractivity contribution in [1.82, 2.24) is 0 Å². The molecule has 0 aromatic heterocycles. The van der Waals surface area contributed by atoms with E-state index in [1.807, 2.05) is 201 Å². The molecule has 27 heteroatoms. The van der Waals surface area contributed by atoms with E-state index in [1.54, 1.807) is 28.2 Å². The first-order chi connectivity index (χ1) is 54.6. The van der Waals surface area contributed by atoms with Gasteiger partial charge in [-0.1, -0.05) is 410 Å². The molecule has 4 aromatic carbocycles. The van der Waals surface area contributed by atoms with E-state index in [9.17, 15) is 0 Å². The van der Waals surface area contributed by atoms with E-state index in [-0.39, 0.29) is 167 Å². The Morgan fingerprint density at radius 1 is 0.262 bits per heavy atom. The van der Waals surface area contributed by atoms with E-state index in [0.29, 0.717) is 23.7 Å².